The summed E-state index contributed by atoms with van der Waals surface area (Å²) in [5.41, 5.74) is 0.819. The number of piperidine rings is 2. The number of carbonyl (C=O) groups excluding carboxylic acids is 5. The lowest BCUT2D eigenvalue weighted by Gasteiger charge is -2.33. The fourth-order valence-corrected chi connectivity index (χ4v) is 8.04. The van der Waals surface area contributed by atoms with Gasteiger partial charge in [-0.2, -0.15) is 0 Å². The lowest BCUT2D eigenvalue weighted by atomic mass is 10.0. The van der Waals surface area contributed by atoms with E-state index in [9.17, 15) is 24.0 Å². The second-order valence-corrected chi connectivity index (χ2v) is 10.4. The minimum atomic E-state index is -0.353. The number of benzene rings is 1. The van der Waals surface area contributed by atoms with Gasteiger partial charge < -0.3 is 4.90 Å². The minimum Gasteiger partial charge on any atom is -0.345 e. The number of carbonyl (C=O) groups is 5. The van der Waals surface area contributed by atoms with Crippen LogP contribution in [0.25, 0.3) is 0 Å². The van der Waals surface area contributed by atoms with Gasteiger partial charge in [-0.1, -0.05) is 0 Å². The van der Waals surface area contributed by atoms with Gasteiger partial charge in [-0.3, -0.25) is 24.0 Å². The van der Waals surface area contributed by atoms with Crippen LogP contribution in [0.15, 0.2) is 0 Å². The van der Waals surface area contributed by atoms with E-state index in [1.165, 1.54) is 4.90 Å². The summed E-state index contributed by atoms with van der Waals surface area (Å²) in [4.78, 5) is 67.4. The van der Waals surface area contributed by atoms with Crippen LogP contribution >= 0.6 is 67.8 Å². The molecule has 0 N–H and O–H groups in total. The average Bonchev–Trinajstić information content (AvgIpc) is 2.66. The van der Waals surface area contributed by atoms with E-state index in [1.54, 1.807) is 14.1 Å². The third-order valence-electron chi connectivity index (χ3n) is 4.90. The number of halogens is 3. The van der Waals surface area contributed by atoms with Crippen LogP contribution in [0.5, 0.6) is 0 Å². The van der Waals surface area contributed by atoms with Crippen molar-refractivity contribution in [2.45, 2.75) is 38.5 Å². The summed E-state index contributed by atoms with van der Waals surface area (Å²) in [7, 11) is 3.19. The van der Waals surface area contributed by atoms with E-state index >= 15 is 0 Å². The van der Waals surface area contributed by atoms with Gasteiger partial charge in [0, 0.05) is 39.8 Å². The van der Waals surface area contributed by atoms with Gasteiger partial charge in [-0.05, 0) is 80.6 Å². The zero-order valence-electron chi connectivity index (χ0n) is 16.3. The van der Waals surface area contributed by atoms with E-state index < -0.39 is 0 Å². The van der Waals surface area contributed by atoms with E-state index in [4.69, 9.17) is 0 Å². The summed E-state index contributed by atoms with van der Waals surface area (Å²) in [5, 5.41) is 0. The molecule has 0 atom stereocenters. The first-order valence-corrected chi connectivity index (χ1v) is 12.4. The molecule has 0 bridgehead atoms. The highest BCUT2D eigenvalue weighted by Gasteiger charge is 2.39. The molecule has 2 aliphatic heterocycles. The van der Waals surface area contributed by atoms with Gasteiger partial charge in [0.2, 0.25) is 23.6 Å². The van der Waals surface area contributed by atoms with Crippen molar-refractivity contribution in [3.63, 3.8) is 0 Å². The predicted molar refractivity (Wildman–Crippen MR) is 135 cm³/mol. The molecule has 1 aromatic rings. The Morgan fingerprint density at radius 2 is 1.03 bits per heavy atom. The topological polar surface area (TPSA) is 95.1 Å². The first-order chi connectivity index (χ1) is 14.1. The molecule has 30 heavy (non-hydrogen) atoms. The van der Waals surface area contributed by atoms with Crippen molar-refractivity contribution in [1.29, 1.82) is 0 Å². The first kappa shape index (κ1) is 23.8. The van der Waals surface area contributed by atoms with Gasteiger partial charge in [-0.15, -0.1) is 0 Å². The van der Waals surface area contributed by atoms with Gasteiger partial charge >= 0.3 is 0 Å². The summed E-state index contributed by atoms with van der Waals surface area (Å²) >= 11 is 5.91. The summed E-state index contributed by atoms with van der Waals surface area (Å²) in [6.07, 6.45) is 1.83. The molecule has 3 rings (SSSR count). The Morgan fingerprint density at radius 1 is 0.700 bits per heavy atom. The van der Waals surface area contributed by atoms with Crippen molar-refractivity contribution >= 4 is 109 Å². The van der Waals surface area contributed by atoms with Crippen molar-refractivity contribution in [3.05, 3.63) is 16.3 Å². The van der Waals surface area contributed by atoms with Crippen LogP contribution in [0.1, 0.15) is 48.9 Å². The Hall–Kier alpha value is -0.840. The maximum absolute atomic E-state index is 13.0. The number of rotatable bonds is 3. The molecule has 0 unspecified atom stereocenters. The van der Waals surface area contributed by atoms with Crippen molar-refractivity contribution in [2.75, 3.05) is 23.9 Å². The number of hydrogen-bond donors (Lipinski definition) is 0. The fraction of sp³-hybridized carbons (Fsp3) is 0.421. The van der Waals surface area contributed by atoms with E-state index in [0.29, 0.717) is 23.6 Å². The second-order valence-electron chi connectivity index (χ2n) is 7.17. The minimum absolute atomic E-state index is 0.220. The van der Waals surface area contributed by atoms with Gasteiger partial charge in [0.1, 0.15) is 0 Å². The highest BCUT2D eigenvalue weighted by atomic mass is 127. The third-order valence-corrected chi connectivity index (χ3v) is 8.02. The average molecular weight is 749 g/mol. The zero-order valence-corrected chi connectivity index (χ0v) is 22.7. The Balaban J connectivity index is 2.37. The third kappa shape index (κ3) is 4.12. The molecular formula is C19H18I3N3O5. The van der Waals surface area contributed by atoms with E-state index in [2.05, 4.69) is 0 Å². The van der Waals surface area contributed by atoms with Gasteiger partial charge in [0.15, 0.2) is 0 Å². The Morgan fingerprint density at radius 3 is 1.33 bits per heavy atom. The maximum atomic E-state index is 13.0. The van der Waals surface area contributed by atoms with Crippen molar-refractivity contribution in [3.8, 4) is 0 Å². The van der Waals surface area contributed by atoms with Crippen molar-refractivity contribution < 1.29 is 24.0 Å². The first-order valence-electron chi connectivity index (χ1n) is 9.21. The molecular weight excluding hydrogens is 731 g/mol. The molecule has 8 nitrogen and oxygen atoms in total. The Labute approximate surface area is 214 Å². The molecule has 2 aliphatic rings. The van der Waals surface area contributed by atoms with E-state index in [-0.39, 0.29) is 72.2 Å². The molecule has 11 heteroatoms. The molecule has 0 aliphatic carbocycles. The zero-order chi connectivity index (χ0) is 22.3. The highest BCUT2D eigenvalue weighted by molar-refractivity contribution is 14.1. The van der Waals surface area contributed by atoms with Crippen LogP contribution in [0.3, 0.4) is 0 Å². The molecule has 160 valence electrons. The molecule has 0 saturated carbocycles. The SMILES string of the molecule is CN(C)C(=O)c1c(I)c(N2C(=O)CCCC2=O)c(I)c(N2C(=O)CCCC2=O)c1I. The van der Waals surface area contributed by atoms with Crippen LogP contribution < -0.4 is 9.80 Å². The predicted octanol–water partition coefficient (Wildman–Crippen LogP) is 3.29. The van der Waals surface area contributed by atoms with Crippen LogP contribution in [-0.2, 0) is 19.2 Å². The summed E-state index contributed by atoms with van der Waals surface area (Å²) in [6.45, 7) is 0. The molecule has 0 aromatic heterocycles. The van der Waals surface area contributed by atoms with Gasteiger partial charge in [0.05, 0.1) is 27.6 Å². The standard InChI is InChI=1S/C19H18I3N3O5/c1-23(2)19(30)13-14(20)17(24-9(26)5-3-6-10(24)27)16(22)18(15(13)21)25-11(28)7-4-8-12(25)29/h3-8H2,1-2H3. The maximum Gasteiger partial charge on any atom is 0.255 e. The monoisotopic (exact) mass is 749 g/mol. The normalized spacial score (nSPS) is 17.6. The molecule has 0 radical (unpaired) electrons. The van der Waals surface area contributed by atoms with Gasteiger partial charge in [0.25, 0.3) is 5.91 Å². The lowest BCUT2D eigenvalue weighted by Crippen LogP contribution is -2.44. The molecule has 2 heterocycles. The van der Waals surface area contributed by atoms with E-state index in [1.807, 2.05) is 67.8 Å². The second kappa shape index (κ2) is 9.34. The summed E-state index contributed by atoms with van der Waals surface area (Å²) in [5.74, 6) is -1.75. The number of hydrogen-bond acceptors (Lipinski definition) is 5. The number of amides is 5. The summed E-state index contributed by atoms with van der Waals surface area (Å²) in [6, 6.07) is 0. The molecule has 5 amide bonds. The van der Waals surface area contributed by atoms with E-state index in [0.717, 1.165) is 9.80 Å². The number of nitrogens with zero attached hydrogens (tertiary/aromatic N) is 3. The van der Waals surface area contributed by atoms with Crippen molar-refractivity contribution in [1.82, 2.24) is 4.90 Å². The fourth-order valence-electron chi connectivity index (χ4n) is 3.45. The number of imide groups is 2. The highest BCUT2D eigenvalue weighted by Crippen LogP contribution is 2.44. The lowest BCUT2D eigenvalue weighted by molar-refractivity contribution is -0.130. The van der Waals surface area contributed by atoms with Crippen molar-refractivity contribution in [2.24, 2.45) is 0 Å². The van der Waals surface area contributed by atoms with Crippen LogP contribution in [0.2, 0.25) is 0 Å². The Bertz CT molecular complexity index is 895. The molecule has 1 aromatic carbocycles. The van der Waals surface area contributed by atoms with Gasteiger partial charge in [-0.25, -0.2) is 9.80 Å². The Kier molecular flexibility index (Phi) is 7.41. The smallest absolute Gasteiger partial charge is 0.255 e. The van der Waals surface area contributed by atoms with Crippen LogP contribution in [0.4, 0.5) is 11.4 Å². The van der Waals surface area contributed by atoms with Crippen LogP contribution in [0, 0.1) is 10.7 Å². The molecule has 2 saturated heterocycles. The summed E-state index contributed by atoms with van der Waals surface area (Å²) < 4.78 is 1.33. The largest absolute Gasteiger partial charge is 0.345 e. The molecule has 2 fully saturated rings. The van der Waals surface area contributed by atoms with Crippen LogP contribution in [-0.4, -0.2) is 48.5 Å². The molecule has 0 spiro atoms. The quantitative estimate of drug-likeness (QED) is 0.350. The number of anilines is 2.